The van der Waals surface area contributed by atoms with Crippen molar-refractivity contribution in [3.63, 3.8) is 0 Å². The van der Waals surface area contributed by atoms with Gasteiger partial charge in [0.25, 0.3) is 0 Å². The Morgan fingerprint density at radius 1 is 1.40 bits per heavy atom. The summed E-state index contributed by atoms with van der Waals surface area (Å²) in [4.78, 5) is 5.68. The maximum absolute atomic E-state index is 5.41. The number of thiophene rings is 1. The first-order valence-corrected chi connectivity index (χ1v) is 7.54. The number of hydrogen-bond donors (Lipinski definition) is 0. The Morgan fingerprint density at radius 2 is 2.25 bits per heavy atom. The van der Waals surface area contributed by atoms with Gasteiger partial charge in [0.05, 0.1) is 17.1 Å². The van der Waals surface area contributed by atoms with Gasteiger partial charge in [-0.25, -0.2) is 4.98 Å². The first kappa shape index (κ1) is 13.1. The molecule has 104 valence electrons. The summed E-state index contributed by atoms with van der Waals surface area (Å²) >= 11 is 1.71. The molecule has 0 bridgehead atoms. The zero-order chi connectivity index (χ0) is 14.1. The number of rotatable bonds is 4. The minimum atomic E-state index is 0.384. The summed E-state index contributed by atoms with van der Waals surface area (Å²) < 4.78 is 7.51. The van der Waals surface area contributed by atoms with Gasteiger partial charge in [0, 0.05) is 18.5 Å². The van der Waals surface area contributed by atoms with Gasteiger partial charge in [0.1, 0.15) is 0 Å². The van der Waals surface area contributed by atoms with Crippen LogP contribution in [0.3, 0.4) is 0 Å². The largest absolute Gasteiger partial charge is 0.359 e. The van der Waals surface area contributed by atoms with Gasteiger partial charge in [-0.2, -0.15) is 0 Å². The summed E-state index contributed by atoms with van der Waals surface area (Å²) in [6.07, 6.45) is 3.81. The van der Waals surface area contributed by atoms with Gasteiger partial charge >= 0.3 is 0 Å². The number of aromatic nitrogens is 3. The molecule has 3 heterocycles. The Kier molecular flexibility index (Phi) is 3.44. The molecule has 0 saturated carbocycles. The van der Waals surface area contributed by atoms with Crippen molar-refractivity contribution in [1.29, 1.82) is 0 Å². The number of hydrogen-bond acceptors (Lipinski definition) is 4. The van der Waals surface area contributed by atoms with Crippen LogP contribution in [0.15, 0.2) is 34.4 Å². The van der Waals surface area contributed by atoms with Gasteiger partial charge in [-0.1, -0.05) is 19.0 Å². The normalized spacial score (nSPS) is 11.4. The van der Waals surface area contributed by atoms with E-state index in [0.29, 0.717) is 12.5 Å². The fourth-order valence-electron chi connectivity index (χ4n) is 2.09. The molecule has 4 nitrogen and oxygen atoms in total. The highest BCUT2D eigenvalue weighted by atomic mass is 32.1. The van der Waals surface area contributed by atoms with Crippen molar-refractivity contribution >= 4 is 11.3 Å². The fourth-order valence-corrected chi connectivity index (χ4v) is 3.03. The smallest absolute Gasteiger partial charge is 0.156 e. The van der Waals surface area contributed by atoms with Crippen LogP contribution in [-0.4, -0.2) is 14.7 Å². The topological polar surface area (TPSA) is 43.9 Å². The van der Waals surface area contributed by atoms with Crippen LogP contribution in [0, 0.1) is 6.92 Å². The number of nitrogens with zero attached hydrogens (tertiary/aromatic N) is 3. The van der Waals surface area contributed by atoms with Gasteiger partial charge in [-0.05, 0) is 29.9 Å². The molecule has 0 aliphatic rings. The number of imidazole rings is 1. The van der Waals surface area contributed by atoms with Gasteiger partial charge in [-0.15, -0.1) is 11.3 Å². The standard InChI is InChI=1S/C15H17N3OS/c1-10(2)13-8-12(19-17-13)9-18-6-5-16-15(18)14-11(3)4-7-20-14/h4-8,10H,9H2,1-3H3. The highest BCUT2D eigenvalue weighted by Gasteiger charge is 2.13. The maximum atomic E-state index is 5.41. The molecule has 0 fully saturated rings. The molecule has 0 radical (unpaired) electrons. The third-order valence-corrected chi connectivity index (χ3v) is 4.29. The van der Waals surface area contributed by atoms with Crippen LogP contribution in [0.2, 0.25) is 0 Å². The second kappa shape index (κ2) is 5.25. The molecule has 0 aliphatic heterocycles. The van der Waals surface area contributed by atoms with Crippen LogP contribution in [0.1, 0.15) is 36.8 Å². The van der Waals surface area contributed by atoms with E-state index >= 15 is 0 Å². The lowest BCUT2D eigenvalue weighted by molar-refractivity contribution is 0.369. The third-order valence-electron chi connectivity index (χ3n) is 3.28. The summed E-state index contributed by atoms with van der Waals surface area (Å²) in [5, 5.41) is 6.19. The monoisotopic (exact) mass is 287 g/mol. The van der Waals surface area contributed by atoms with E-state index in [1.165, 1.54) is 10.4 Å². The van der Waals surface area contributed by atoms with E-state index in [2.05, 4.69) is 46.9 Å². The van der Waals surface area contributed by atoms with E-state index in [4.69, 9.17) is 4.52 Å². The van der Waals surface area contributed by atoms with Crippen molar-refractivity contribution in [1.82, 2.24) is 14.7 Å². The lowest BCUT2D eigenvalue weighted by atomic mass is 10.1. The first-order chi connectivity index (χ1) is 9.65. The van der Waals surface area contributed by atoms with Crippen molar-refractivity contribution in [3.8, 4) is 10.7 Å². The SMILES string of the molecule is Cc1ccsc1-c1nccn1Cc1cc(C(C)C)no1. The summed E-state index contributed by atoms with van der Waals surface area (Å²) in [6, 6.07) is 4.14. The first-order valence-electron chi connectivity index (χ1n) is 6.66. The van der Waals surface area contributed by atoms with Crippen LogP contribution in [0.5, 0.6) is 0 Å². The molecule has 0 aromatic carbocycles. The minimum absolute atomic E-state index is 0.384. The third kappa shape index (κ3) is 2.41. The molecule has 0 unspecified atom stereocenters. The van der Waals surface area contributed by atoms with Crippen LogP contribution in [0.25, 0.3) is 10.7 Å². The van der Waals surface area contributed by atoms with Gasteiger partial charge in [0.15, 0.2) is 11.6 Å². The molecule has 3 rings (SSSR count). The van der Waals surface area contributed by atoms with Crippen molar-refractivity contribution in [2.45, 2.75) is 33.2 Å². The zero-order valence-corrected chi connectivity index (χ0v) is 12.6. The Labute approximate surface area is 122 Å². The van der Waals surface area contributed by atoms with E-state index in [1.807, 2.05) is 18.5 Å². The molecular formula is C15H17N3OS. The molecule has 3 aromatic rings. The lowest BCUT2D eigenvalue weighted by Gasteiger charge is -2.04. The average molecular weight is 287 g/mol. The van der Waals surface area contributed by atoms with Crippen molar-refractivity contribution in [2.24, 2.45) is 0 Å². The predicted molar refractivity (Wildman–Crippen MR) is 80.0 cm³/mol. The fraction of sp³-hybridized carbons (Fsp3) is 0.333. The van der Waals surface area contributed by atoms with E-state index in [9.17, 15) is 0 Å². The van der Waals surface area contributed by atoms with Crippen LogP contribution < -0.4 is 0 Å². The molecule has 20 heavy (non-hydrogen) atoms. The Bertz CT molecular complexity index is 708. The number of aryl methyl sites for hydroxylation is 1. The molecule has 0 atom stereocenters. The summed E-state index contributed by atoms with van der Waals surface area (Å²) in [7, 11) is 0. The second-order valence-corrected chi connectivity index (χ2v) is 6.10. The van der Waals surface area contributed by atoms with E-state index < -0.39 is 0 Å². The molecule has 0 saturated heterocycles. The molecule has 0 spiro atoms. The Hall–Kier alpha value is -1.88. The van der Waals surface area contributed by atoms with Crippen LogP contribution in [-0.2, 0) is 6.54 Å². The van der Waals surface area contributed by atoms with E-state index in [1.54, 1.807) is 11.3 Å². The van der Waals surface area contributed by atoms with Crippen molar-refractivity contribution in [3.05, 3.63) is 46.9 Å². The van der Waals surface area contributed by atoms with Gasteiger partial charge in [0.2, 0.25) is 0 Å². The predicted octanol–water partition coefficient (Wildman–Crippen LogP) is 4.08. The minimum Gasteiger partial charge on any atom is -0.359 e. The summed E-state index contributed by atoms with van der Waals surface area (Å²) in [6.45, 7) is 6.99. The summed E-state index contributed by atoms with van der Waals surface area (Å²) in [5.74, 6) is 2.23. The highest BCUT2D eigenvalue weighted by molar-refractivity contribution is 7.13. The molecule has 0 amide bonds. The highest BCUT2D eigenvalue weighted by Crippen LogP contribution is 2.28. The second-order valence-electron chi connectivity index (χ2n) is 5.18. The van der Waals surface area contributed by atoms with Crippen molar-refractivity contribution in [2.75, 3.05) is 0 Å². The van der Waals surface area contributed by atoms with E-state index in [-0.39, 0.29) is 0 Å². The van der Waals surface area contributed by atoms with Crippen LogP contribution in [0.4, 0.5) is 0 Å². The Morgan fingerprint density at radius 3 is 2.90 bits per heavy atom. The zero-order valence-electron chi connectivity index (χ0n) is 11.8. The van der Waals surface area contributed by atoms with Gasteiger partial charge < -0.3 is 9.09 Å². The lowest BCUT2D eigenvalue weighted by Crippen LogP contribution is -1.99. The summed E-state index contributed by atoms with van der Waals surface area (Å²) in [5.41, 5.74) is 2.25. The Balaban J connectivity index is 1.88. The average Bonchev–Trinajstić information content (AvgIpc) is 3.10. The van der Waals surface area contributed by atoms with Gasteiger partial charge in [-0.3, -0.25) is 0 Å². The molecule has 0 aliphatic carbocycles. The maximum Gasteiger partial charge on any atom is 0.156 e. The molecule has 0 N–H and O–H groups in total. The molecular weight excluding hydrogens is 270 g/mol. The molecule has 5 heteroatoms. The molecule has 3 aromatic heterocycles. The van der Waals surface area contributed by atoms with Crippen LogP contribution >= 0.6 is 11.3 Å². The van der Waals surface area contributed by atoms with Crippen molar-refractivity contribution < 1.29 is 4.52 Å². The van der Waals surface area contributed by atoms with E-state index in [0.717, 1.165) is 17.3 Å². The quantitative estimate of drug-likeness (QED) is 0.726.